The van der Waals surface area contributed by atoms with Crippen LogP contribution in [0.15, 0.2) is 24.5 Å². The Bertz CT molecular complexity index is 735. The number of aromatic nitrogens is 2. The van der Waals surface area contributed by atoms with Crippen LogP contribution in [-0.4, -0.2) is 27.6 Å². The molecule has 1 aromatic heterocycles. The summed E-state index contributed by atoms with van der Waals surface area (Å²) in [5, 5.41) is 3.14. The molecule has 2 aromatic rings. The first-order valence-corrected chi connectivity index (χ1v) is 8.17. The maximum Gasteiger partial charge on any atom is 0.261 e. The van der Waals surface area contributed by atoms with Crippen molar-refractivity contribution >= 4 is 5.91 Å². The molecule has 5 nitrogen and oxygen atoms in total. The molecule has 3 heterocycles. The number of hydrogen-bond donors (Lipinski definition) is 1. The molecule has 0 aliphatic carbocycles. The van der Waals surface area contributed by atoms with Crippen LogP contribution in [0.25, 0.3) is 0 Å². The smallest absolute Gasteiger partial charge is 0.261 e. The minimum atomic E-state index is -0.407. The molecular weight excluding hydrogens is 290 g/mol. The molecular formula is C18H21N3O2. The summed E-state index contributed by atoms with van der Waals surface area (Å²) in [7, 11) is 0. The molecule has 1 amide bonds. The van der Waals surface area contributed by atoms with Crippen molar-refractivity contribution in [1.82, 2.24) is 14.9 Å². The molecule has 2 atom stereocenters. The number of ether oxygens (including phenoxy) is 1. The third-order valence-corrected chi connectivity index (χ3v) is 4.93. The van der Waals surface area contributed by atoms with E-state index in [1.807, 2.05) is 18.5 Å². The minimum absolute atomic E-state index is 0.00919. The third kappa shape index (κ3) is 2.60. The predicted octanol–water partition coefficient (Wildman–Crippen LogP) is 1.93. The number of rotatable bonds is 2. The van der Waals surface area contributed by atoms with Gasteiger partial charge in [0, 0.05) is 37.8 Å². The average Bonchev–Trinajstić information content (AvgIpc) is 3.13. The molecule has 0 saturated heterocycles. The molecule has 4 rings (SSSR count). The van der Waals surface area contributed by atoms with Crippen LogP contribution in [0.4, 0.5) is 0 Å². The van der Waals surface area contributed by atoms with Crippen LogP contribution in [0, 0.1) is 13.8 Å². The number of hydrogen-bond acceptors (Lipinski definition) is 3. The lowest BCUT2D eigenvalue weighted by Gasteiger charge is -2.25. The van der Waals surface area contributed by atoms with Gasteiger partial charge in [-0.05, 0) is 43.0 Å². The summed E-state index contributed by atoms with van der Waals surface area (Å²) in [4.78, 5) is 16.9. The Labute approximate surface area is 135 Å². The molecule has 2 aliphatic rings. The van der Waals surface area contributed by atoms with Gasteiger partial charge in [-0.3, -0.25) is 4.79 Å². The summed E-state index contributed by atoms with van der Waals surface area (Å²) in [6.45, 7) is 4.95. The summed E-state index contributed by atoms with van der Waals surface area (Å²) in [5.74, 6) is 1.95. The highest BCUT2D eigenvalue weighted by molar-refractivity contribution is 5.82. The number of carbonyl (C=O) groups excluding carboxylic acids is 1. The maximum absolute atomic E-state index is 12.5. The van der Waals surface area contributed by atoms with E-state index in [1.165, 1.54) is 11.1 Å². The highest BCUT2D eigenvalue weighted by Crippen LogP contribution is 2.31. The van der Waals surface area contributed by atoms with Crippen LogP contribution in [0.1, 0.15) is 28.9 Å². The minimum Gasteiger partial charge on any atom is -0.480 e. The Morgan fingerprint density at radius 2 is 2.17 bits per heavy atom. The molecule has 0 radical (unpaired) electrons. The number of nitrogens with zero attached hydrogens (tertiary/aromatic N) is 2. The molecule has 0 saturated carbocycles. The zero-order valence-electron chi connectivity index (χ0n) is 13.5. The lowest BCUT2D eigenvalue weighted by Crippen LogP contribution is -2.46. The van der Waals surface area contributed by atoms with Crippen LogP contribution in [0.3, 0.4) is 0 Å². The van der Waals surface area contributed by atoms with E-state index in [0.717, 1.165) is 36.5 Å². The monoisotopic (exact) mass is 311 g/mol. The summed E-state index contributed by atoms with van der Waals surface area (Å²) in [6.07, 6.45) is 5.88. The summed E-state index contributed by atoms with van der Waals surface area (Å²) < 4.78 is 7.99. The van der Waals surface area contributed by atoms with E-state index in [-0.39, 0.29) is 11.9 Å². The first kappa shape index (κ1) is 14.3. The molecule has 0 fully saturated rings. The standard InChI is InChI=1S/C18H21N3O2/c1-11-7-13-9-16(23-15(13)8-12(11)2)18(22)20-14-3-4-17-19-5-6-21(17)10-14/h5-8,14,16H,3-4,9-10H2,1-2H3,(H,20,22)/t14-,16+/m1/s1. The molecule has 0 spiro atoms. The molecule has 5 heteroatoms. The molecule has 0 unspecified atom stereocenters. The van der Waals surface area contributed by atoms with Crippen molar-refractivity contribution in [3.8, 4) is 5.75 Å². The Balaban J connectivity index is 1.41. The van der Waals surface area contributed by atoms with Gasteiger partial charge >= 0.3 is 0 Å². The van der Waals surface area contributed by atoms with Gasteiger partial charge in [0.2, 0.25) is 0 Å². The van der Waals surface area contributed by atoms with Crippen LogP contribution in [0.5, 0.6) is 5.75 Å². The van der Waals surface area contributed by atoms with Crippen molar-refractivity contribution in [1.29, 1.82) is 0 Å². The van der Waals surface area contributed by atoms with E-state index >= 15 is 0 Å². The van der Waals surface area contributed by atoms with Crippen LogP contribution in [0.2, 0.25) is 0 Å². The highest BCUT2D eigenvalue weighted by Gasteiger charge is 2.31. The maximum atomic E-state index is 12.5. The third-order valence-electron chi connectivity index (χ3n) is 4.93. The second-order valence-corrected chi connectivity index (χ2v) is 6.59. The molecule has 1 N–H and O–H groups in total. The first-order valence-electron chi connectivity index (χ1n) is 8.17. The molecule has 1 aromatic carbocycles. The van der Waals surface area contributed by atoms with Crippen molar-refractivity contribution in [2.24, 2.45) is 0 Å². The van der Waals surface area contributed by atoms with Gasteiger partial charge in [0.15, 0.2) is 6.10 Å². The van der Waals surface area contributed by atoms with Gasteiger partial charge in [-0.1, -0.05) is 6.07 Å². The van der Waals surface area contributed by atoms with Crippen LogP contribution < -0.4 is 10.1 Å². The Kier molecular flexibility index (Phi) is 3.36. The fourth-order valence-corrected chi connectivity index (χ4v) is 3.44. The van der Waals surface area contributed by atoms with E-state index in [0.29, 0.717) is 6.42 Å². The summed E-state index contributed by atoms with van der Waals surface area (Å²) in [5.41, 5.74) is 3.58. The topological polar surface area (TPSA) is 56.1 Å². The quantitative estimate of drug-likeness (QED) is 0.922. The Morgan fingerprint density at radius 3 is 3.04 bits per heavy atom. The van der Waals surface area contributed by atoms with Crippen molar-refractivity contribution in [2.45, 2.75) is 51.8 Å². The molecule has 23 heavy (non-hydrogen) atoms. The van der Waals surface area contributed by atoms with Crippen molar-refractivity contribution < 1.29 is 9.53 Å². The van der Waals surface area contributed by atoms with Crippen LogP contribution >= 0.6 is 0 Å². The van der Waals surface area contributed by atoms with E-state index in [2.05, 4.69) is 34.8 Å². The Morgan fingerprint density at radius 1 is 1.35 bits per heavy atom. The summed E-state index contributed by atoms with van der Waals surface area (Å²) in [6, 6.07) is 4.33. The number of carbonyl (C=O) groups is 1. The number of fused-ring (bicyclic) bond motifs is 2. The van der Waals surface area contributed by atoms with E-state index in [1.54, 1.807) is 0 Å². The number of aryl methyl sites for hydroxylation is 3. The number of benzene rings is 1. The zero-order chi connectivity index (χ0) is 16.0. The zero-order valence-corrected chi connectivity index (χ0v) is 13.5. The fourth-order valence-electron chi connectivity index (χ4n) is 3.44. The van der Waals surface area contributed by atoms with Gasteiger partial charge in [-0.2, -0.15) is 0 Å². The van der Waals surface area contributed by atoms with Crippen molar-refractivity contribution in [2.75, 3.05) is 0 Å². The number of imidazole rings is 1. The second-order valence-electron chi connectivity index (χ2n) is 6.59. The van der Waals surface area contributed by atoms with Gasteiger partial charge < -0.3 is 14.6 Å². The lowest BCUT2D eigenvalue weighted by atomic mass is 10.0. The van der Waals surface area contributed by atoms with Gasteiger partial charge in [-0.15, -0.1) is 0 Å². The predicted molar refractivity (Wildman–Crippen MR) is 86.5 cm³/mol. The van der Waals surface area contributed by atoms with Gasteiger partial charge in [0.25, 0.3) is 5.91 Å². The number of nitrogens with one attached hydrogen (secondary N) is 1. The van der Waals surface area contributed by atoms with E-state index in [9.17, 15) is 4.79 Å². The first-order chi connectivity index (χ1) is 11.1. The fraction of sp³-hybridized carbons (Fsp3) is 0.444. The molecule has 2 aliphatic heterocycles. The SMILES string of the molecule is Cc1cc2c(cc1C)O[C@H](C(=O)N[C@@H]1CCc3nccn3C1)C2. The average molecular weight is 311 g/mol. The van der Waals surface area contributed by atoms with Crippen LogP contribution in [-0.2, 0) is 24.2 Å². The lowest BCUT2D eigenvalue weighted by molar-refractivity contribution is -0.128. The molecule has 0 bridgehead atoms. The van der Waals surface area contributed by atoms with E-state index in [4.69, 9.17) is 4.74 Å². The number of amides is 1. The van der Waals surface area contributed by atoms with Gasteiger partial charge in [0.05, 0.1) is 0 Å². The molecule has 120 valence electrons. The van der Waals surface area contributed by atoms with Gasteiger partial charge in [-0.25, -0.2) is 4.98 Å². The summed E-state index contributed by atoms with van der Waals surface area (Å²) >= 11 is 0. The highest BCUT2D eigenvalue weighted by atomic mass is 16.5. The van der Waals surface area contributed by atoms with E-state index < -0.39 is 6.10 Å². The largest absolute Gasteiger partial charge is 0.480 e. The van der Waals surface area contributed by atoms with Crippen molar-refractivity contribution in [3.63, 3.8) is 0 Å². The second kappa shape index (κ2) is 5.41. The Hall–Kier alpha value is -2.30. The normalized spacial score (nSPS) is 22.2. The van der Waals surface area contributed by atoms with Crippen molar-refractivity contribution in [3.05, 3.63) is 47.0 Å². The van der Waals surface area contributed by atoms with Gasteiger partial charge in [0.1, 0.15) is 11.6 Å².